The molecule has 0 spiro atoms. The molecule has 6 heteroatoms. The third-order valence-electron chi connectivity index (χ3n) is 2.45. The van der Waals surface area contributed by atoms with Crippen LogP contribution in [0.4, 0.5) is 8.78 Å². The largest absolute Gasteiger partial charge is 0.283 e. The highest BCUT2D eigenvalue weighted by Crippen LogP contribution is 2.30. The van der Waals surface area contributed by atoms with Gasteiger partial charge < -0.3 is 0 Å². The number of imidazole rings is 1. The van der Waals surface area contributed by atoms with E-state index in [4.69, 9.17) is 0 Å². The Bertz CT molecular complexity index is 650. The minimum Gasteiger partial charge on any atom is -0.283 e. The van der Waals surface area contributed by atoms with Crippen molar-refractivity contribution in [3.05, 3.63) is 42.4 Å². The van der Waals surface area contributed by atoms with Gasteiger partial charge in [0.2, 0.25) is 0 Å². The van der Waals surface area contributed by atoms with E-state index < -0.39 is 11.6 Å². The molecule has 0 saturated carbocycles. The van der Waals surface area contributed by atoms with E-state index in [-0.39, 0.29) is 5.56 Å². The molecule has 2 heterocycles. The molecule has 3 rings (SSSR count). The van der Waals surface area contributed by atoms with E-state index in [0.29, 0.717) is 17.1 Å². The summed E-state index contributed by atoms with van der Waals surface area (Å²) < 4.78 is 26.8. The molecule has 0 atom stereocenters. The van der Waals surface area contributed by atoms with E-state index in [1.807, 2.05) is 0 Å². The van der Waals surface area contributed by atoms with Gasteiger partial charge >= 0.3 is 0 Å². The Kier molecular flexibility index (Phi) is 2.07. The Morgan fingerprint density at radius 3 is 2.82 bits per heavy atom. The van der Waals surface area contributed by atoms with E-state index in [9.17, 15) is 8.78 Å². The second-order valence-corrected chi connectivity index (χ2v) is 3.45. The highest BCUT2D eigenvalue weighted by atomic mass is 19.2. The van der Waals surface area contributed by atoms with Crippen molar-refractivity contribution in [3.8, 4) is 22.6 Å². The fourth-order valence-corrected chi connectivity index (χ4v) is 1.68. The molecule has 0 saturated heterocycles. The maximum Gasteiger partial charge on any atom is 0.200 e. The molecule has 0 unspecified atom stereocenters. The van der Waals surface area contributed by atoms with E-state index in [1.165, 1.54) is 24.7 Å². The molecule has 0 bridgehead atoms. The molecule has 1 aromatic carbocycles. The maximum absolute atomic E-state index is 13.7. The predicted octanol–water partition coefficient (Wildman–Crippen LogP) is 2.25. The first-order valence-corrected chi connectivity index (χ1v) is 4.86. The first-order valence-electron chi connectivity index (χ1n) is 4.86. The molecular formula is C11H6F2N4. The van der Waals surface area contributed by atoms with Gasteiger partial charge in [-0.1, -0.05) is 12.1 Å². The van der Waals surface area contributed by atoms with E-state index in [1.54, 1.807) is 0 Å². The molecule has 1 N–H and O–H groups in total. The van der Waals surface area contributed by atoms with E-state index in [0.717, 1.165) is 6.07 Å². The van der Waals surface area contributed by atoms with Gasteiger partial charge in [0.25, 0.3) is 0 Å². The van der Waals surface area contributed by atoms with Crippen molar-refractivity contribution in [3.63, 3.8) is 0 Å². The molecule has 0 radical (unpaired) electrons. The van der Waals surface area contributed by atoms with Gasteiger partial charge in [0.05, 0.1) is 0 Å². The molecule has 0 aliphatic carbocycles. The highest BCUT2D eigenvalue weighted by molar-refractivity contribution is 5.77. The lowest BCUT2D eigenvalue weighted by Gasteiger charge is -2.06. The summed E-state index contributed by atoms with van der Waals surface area (Å²) in [5, 5.41) is 6.46. The van der Waals surface area contributed by atoms with Gasteiger partial charge in [0.1, 0.15) is 12.0 Å². The van der Waals surface area contributed by atoms with Gasteiger partial charge in [-0.2, -0.15) is 5.10 Å². The highest BCUT2D eigenvalue weighted by Gasteiger charge is 2.18. The van der Waals surface area contributed by atoms with Crippen molar-refractivity contribution >= 4 is 0 Å². The predicted molar refractivity (Wildman–Crippen MR) is 56.2 cm³/mol. The summed E-state index contributed by atoms with van der Waals surface area (Å²) in [6.45, 7) is 0. The molecule has 4 nitrogen and oxygen atoms in total. The van der Waals surface area contributed by atoms with E-state index >= 15 is 0 Å². The van der Waals surface area contributed by atoms with Crippen molar-refractivity contribution in [1.82, 2.24) is 20.2 Å². The summed E-state index contributed by atoms with van der Waals surface area (Å²) in [6, 6.07) is 3.99. The van der Waals surface area contributed by atoms with Gasteiger partial charge in [-0.15, -0.1) is 0 Å². The van der Waals surface area contributed by atoms with Gasteiger partial charge in [-0.05, 0) is 6.07 Å². The van der Waals surface area contributed by atoms with Crippen LogP contribution in [0.5, 0.6) is 0 Å². The van der Waals surface area contributed by atoms with Crippen LogP contribution in [0, 0.1) is 11.6 Å². The molecule has 2 aliphatic heterocycles. The van der Waals surface area contributed by atoms with E-state index in [2.05, 4.69) is 20.2 Å². The van der Waals surface area contributed by atoms with Gasteiger partial charge in [-0.3, -0.25) is 5.10 Å². The number of nitrogens with one attached hydrogen (secondary N) is 1. The third-order valence-corrected chi connectivity index (χ3v) is 2.45. The Morgan fingerprint density at radius 1 is 1.06 bits per heavy atom. The SMILES string of the molecule is Fc1cccc(-c2c[nH]nc3ncnc2-3)c1F. The normalized spacial score (nSPS) is 10.9. The standard InChI is InChI=1S/C11H6F2N4/c12-8-3-1-2-6(9(8)13)7-4-16-17-11-10(7)14-5-15-11/h1-5,16H. The van der Waals surface area contributed by atoms with Gasteiger partial charge in [0, 0.05) is 17.3 Å². The lowest BCUT2D eigenvalue weighted by Crippen LogP contribution is -1.96. The molecule has 0 aromatic heterocycles. The number of hydrogen-bond acceptors (Lipinski definition) is 3. The lowest BCUT2D eigenvalue weighted by molar-refractivity contribution is 0.511. The Morgan fingerprint density at radius 2 is 1.94 bits per heavy atom. The fraction of sp³-hybridized carbons (Fsp3) is 0. The van der Waals surface area contributed by atoms with Crippen LogP contribution >= 0.6 is 0 Å². The number of rotatable bonds is 1. The zero-order valence-corrected chi connectivity index (χ0v) is 8.48. The van der Waals surface area contributed by atoms with Crippen LogP contribution in [0.15, 0.2) is 30.7 Å². The maximum atomic E-state index is 13.7. The fourth-order valence-electron chi connectivity index (χ4n) is 1.68. The van der Waals surface area contributed by atoms with Crippen molar-refractivity contribution in [2.24, 2.45) is 0 Å². The number of aromatic nitrogens is 4. The van der Waals surface area contributed by atoms with Crippen LogP contribution in [0.25, 0.3) is 22.6 Å². The Labute approximate surface area is 94.7 Å². The third kappa shape index (κ3) is 1.45. The first-order chi connectivity index (χ1) is 8.27. The van der Waals surface area contributed by atoms with Crippen molar-refractivity contribution in [1.29, 1.82) is 0 Å². The molecular weight excluding hydrogens is 226 g/mol. The average molecular weight is 232 g/mol. The summed E-state index contributed by atoms with van der Waals surface area (Å²) in [5.41, 5.74) is 1.01. The van der Waals surface area contributed by atoms with Crippen LogP contribution < -0.4 is 0 Å². The molecule has 0 amide bonds. The molecule has 0 fully saturated rings. The number of nitrogens with zero attached hydrogens (tertiary/aromatic N) is 3. The van der Waals surface area contributed by atoms with Gasteiger partial charge in [-0.25, -0.2) is 18.7 Å². The minimum absolute atomic E-state index is 0.133. The van der Waals surface area contributed by atoms with Crippen LogP contribution in [-0.2, 0) is 0 Å². The quantitative estimate of drug-likeness (QED) is 0.700. The first kappa shape index (κ1) is 9.83. The number of H-pyrrole nitrogens is 1. The Balaban J connectivity index is 2.29. The van der Waals surface area contributed by atoms with Crippen LogP contribution in [0.1, 0.15) is 0 Å². The summed E-state index contributed by atoms with van der Waals surface area (Å²) in [4.78, 5) is 7.87. The average Bonchev–Trinajstić information content (AvgIpc) is 2.81. The minimum atomic E-state index is -0.906. The number of fused-ring (bicyclic) bond motifs is 1. The number of aromatic amines is 1. The summed E-state index contributed by atoms with van der Waals surface area (Å²) in [7, 11) is 0. The van der Waals surface area contributed by atoms with Gasteiger partial charge in [0.15, 0.2) is 17.5 Å². The zero-order chi connectivity index (χ0) is 11.8. The summed E-state index contributed by atoms with van der Waals surface area (Å²) in [5.74, 6) is -1.44. The summed E-state index contributed by atoms with van der Waals surface area (Å²) >= 11 is 0. The second kappa shape index (κ2) is 3.58. The van der Waals surface area contributed by atoms with Crippen molar-refractivity contribution in [2.75, 3.05) is 0 Å². The molecule has 17 heavy (non-hydrogen) atoms. The van der Waals surface area contributed by atoms with Crippen molar-refractivity contribution in [2.45, 2.75) is 0 Å². The van der Waals surface area contributed by atoms with Crippen LogP contribution in [0.2, 0.25) is 0 Å². The van der Waals surface area contributed by atoms with Crippen LogP contribution in [-0.4, -0.2) is 20.2 Å². The Hall–Kier alpha value is -2.37. The number of halogens is 2. The molecule has 2 aliphatic rings. The topological polar surface area (TPSA) is 54.5 Å². The molecule has 1 aromatic rings. The monoisotopic (exact) mass is 232 g/mol. The lowest BCUT2D eigenvalue weighted by atomic mass is 10.0. The van der Waals surface area contributed by atoms with Crippen LogP contribution in [0.3, 0.4) is 0 Å². The smallest absolute Gasteiger partial charge is 0.200 e. The number of benzene rings is 1. The zero-order valence-electron chi connectivity index (χ0n) is 8.48. The van der Waals surface area contributed by atoms with Crippen molar-refractivity contribution < 1.29 is 8.78 Å². The second-order valence-electron chi connectivity index (χ2n) is 3.45. The number of hydrogen-bond donors (Lipinski definition) is 1. The molecule has 84 valence electrons. The summed E-state index contributed by atoms with van der Waals surface area (Å²) in [6.07, 6.45) is 2.79.